The number of hydrogen-bond donors (Lipinski definition) is 1. The number of piperazine rings is 1. The molecule has 192 valence electrons. The van der Waals surface area contributed by atoms with Gasteiger partial charge < -0.3 is 10.2 Å². The van der Waals surface area contributed by atoms with Crippen molar-refractivity contribution in [3.8, 4) is 0 Å². The van der Waals surface area contributed by atoms with Gasteiger partial charge in [-0.1, -0.05) is 84.4 Å². The molecule has 2 aliphatic heterocycles. The molecule has 1 fully saturated rings. The molecule has 0 spiro atoms. The van der Waals surface area contributed by atoms with Crippen LogP contribution in [0.1, 0.15) is 46.7 Å². The van der Waals surface area contributed by atoms with E-state index in [0.717, 1.165) is 51.4 Å². The fourth-order valence-corrected chi connectivity index (χ4v) is 6.33. The summed E-state index contributed by atoms with van der Waals surface area (Å²) in [6, 6.07) is 25.6. The molecule has 5 heteroatoms. The Morgan fingerprint density at radius 2 is 1.70 bits per heavy atom. The minimum Gasteiger partial charge on any atom is -0.345 e. The molecule has 1 N–H and O–H groups in total. The van der Waals surface area contributed by atoms with Crippen molar-refractivity contribution in [1.29, 1.82) is 0 Å². The zero-order valence-electron chi connectivity index (χ0n) is 21.7. The van der Waals surface area contributed by atoms with E-state index in [1.54, 1.807) is 0 Å². The van der Waals surface area contributed by atoms with Gasteiger partial charge in [0.05, 0.1) is 6.04 Å². The van der Waals surface area contributed by atoms with E-state index >= 15 is 0 Å². The highest BCUT2D eigenvalue weighted by Crippen LogP contribution is 2.39. The zero-order valence-corrected chi connectivity index (χ0v) is 22.6. The predicted octanol–water partition coefficient (Wildman–Crippen LogP) is 5.92. The Balaban J connectivity index is 1.10. The third kappa shape index (κ3) is 6.92. The maximum atomic E-state index is 13.1. The largest absolute Gasteiger partial charge is 0.345 e. The number of fused-ring (bicyclic) bond motifs is 2. The van der Waals surface area contributed by atoms with Crippen LogP contribution in [0.25, 0.3) is 6.08 Å². The lowest BCUT2D eigenvalue weighted by Crippen LogP contribution is -2.46. The number of aryl methyl sites for hydroxylation is 1. The smallest absolute Gasteiger partial charge is 0.220 e. The first kappa shape index (κ1) is 25.8. The minimum atomic E-state index is -0.0823. The topological polar surface area (TPSA) is 35.6 Å². The van der Waals surface area contributed by atoms with Gasteiger partial charge in [0, 0.05) is 49.8 Å². The maximum absolute atomic E-state index is 13.1. The summed E-state index contributed by atoms with van der Waals surface area (Å²) >= 11 is 1.87. The van der Waals surface area contributed by atoms with Crippen molar-refractivity contribution in [2.24, 2.45) is 0 Å². The Labute approximate surface area is 225 Å². The highest BCUT2D eigenvalue weighted by Gasteiger charge is 2.25. The summed E-state index contributed by atoms with van der Waals surface area (Å²) in [6.45, 7) is 8.40. The highest BCUT2D eigenvalue weighted by molar-refractivity contribution is 7.98. The van der Waals surface area contributed by atoms with Gasteiger partial charge in [0.1, 0.15) is 0 Å². The van der Waals surface area contributed by atoms with Gasteiger partial charge in [-0.3, -0.25) is 9.69 Å². The lowest BCUT2D eigenvalue weighted by atomic mass is 9.94. The standard InChI is InChI=1S/C32H37N3OS/c1-25-15-16-30-29(23-25)32(28-13-6-5-12-27(28)24-37-30)33-31(36)14-8-18-35-21-19-34(20-22-35)17-7-11-26-9-3-2-4-10-26/h2-7,9-13,15-16,23,32H,8,14,17-22,24H2,1H3,(H,33,36). The van der Waals surface area contributed by atoms with Gasteiger partial charge in [-0.05, 0) is 48.2 Å². The Bertz CT molecular complexity index is 1220. The number of carbonyl (C=O) groups excluding carboxylic acids is 1. The van der Waals surface area contributed by atoms with Gasteiger partial charge in [-0.15, -0.1) is 11.8 Å². The maximum Gasteiger partial charge on any atom is 0.220 e. The number of benzene rings is 3. The Morgan fingerprint density at radius 1 is 0.946 bits per heavy atom. The quantitative estimate of drug-likeness (QED) is 0.407. The normalized spacial score (nSPS) is 18.2. The van der Waals surface area contributed by atoms with Gasteiger partial charge in [0.2, 0.25) is 5.91 Å². The fourth-order valence-electron chi connectivity index (χ4n) is 5.24. The van der Waals surface area contributed by atoms with Gasteiger partial charge in [0.15, 0.2) is 0 Å². The predicted molar refractivity (Wildman–Crippen MR) is 155 cm³/mol. The monoisotopic (exact) mass is 511 g/mol. The molecule has 1 saturated heterocycles. The summed E-state index contributed by atoms with van der Waals surface area (Å²) in [4.78, 5) is 19.4. The van der Waals surface area contributed by atoms with Crippen LogP contribution in [0.5, 0.6) is 0 Å². The van der Waals surface area contributed by atoms with Crippen LogP contribution in [-0.4, -0.2) is 55.0 Å². The van der Waals surface area contributed by atoms with Crippen molar-refractivity contribution in [3.05, 3.63) is 107 Å². The highest BCUT2D eigenvalue weighted by atomic mass is 32.2. The number of nitrogens with zero attached hydrogens (tertiary/aromatic N) is 2. The van der Waals surface area contributed by atoms with E-state index in [9.17, 15) is 4.79 Å². The molecule has 0 radical (unpaired) electrons. The molecule has 1 unspecified atom stereocenters. The van der Waals surface area contributed by atoms with Crippen molar-refractivity contribution in [2.75, 3.05) is 39.3 Å². The molecule has 0 aromatic heterocycles. The Morgan fingerprint density at radius 3 is 2.54 bits per heavy atom. The van der Waals surface area contributed by atoms with E-state index in [4.69, 9.17) is 0 Å². The number of rotatable bonds is 8. The molecule has 3 aromatic carbocycles. The van der Waals surface area contributed by atoms with E-state index in [0.29, 0.717) is 6.42 Å². The molecule has 0 bridgehead atoms. The van der Waals surface area contributed by atoms with Crippen molar-refractivity contribution in [1.82, 2.24) is 15.1 Å². The molecule has 4 nitrogen and oxygen atoms in total. The minimum absolute atomic E-state index is 0.0823. The SMILES string of the molecule is Cc1ccc2c(c1)C(NC(=O)CCCN1CCN(CC=Cc3ccccc3)CC1)c1ccccc1CS2. The van der Waals surface area contributed by atoms with Crippen molar-refractivity contribution >= 4 is 23.7 Å². The first-order chi connectivity index (χ1) is 18.2. The zero-order chi connectivity index (χ0) is 25.5. The Kier molecular flexibility index (Phi) is 8.77. The first-order valence-electron chi connectivity index (χ1n) is 13.4. The molecule has 2 heterocycles. The van der Waals surface area contributed by atoms with E-state index in [-0.39, 0.29) is 11.9 Å². The lowest BCUT2D eigenvalue weighted by Gasteiger charge is -2.34. The van der Waals surface area contributed by atoms with Crippen LogP contribution in [0.4, 0.5) is 0 Å². The van der Waals surface area contributed by atoms with Gasteiger partial charge in [-0.2, -0.15) is 0 Å². The van der Waals surface area contributed by atoms with Gasteiger partial charge in [0.25, 0.3) is 0 Å². The van der Waals surface area contributed by atoms with Crippen molar-refractivity contribution in [2.45, 2.75) is 36.5 Å². The second-order valence-corrected chi connectivity index (χ2v) is 11.1. The summed E-state index contributed by atoms with van der Waals surface area (Å²) in [6.07, 6.45) is 5.92. The summed E-state index contributed by atoms with van der Waals surface area (Å²) < 4.78 is 0. The Hall–Kier alpha value is -2.86. The van der Waals surface area contributed by atoms with Crippen LogP contribution in [0.2, 0.25) is 0 Å². The lowest BCUT2D eigenvalue weighted by molar-refractivity contribution is -0.121. The average Bonchev–Trinajstić information content (AvgIpc) is 3.07. The fraction of sp³-hybridized carbons (Fsp3) is 0.344. The molecule has 37 heavy (non-hydrogen) atoms. The number of nitrogens with one attached hydrogen (secondary N) is 1. The summed E-state index contributed by atoms with van der Waals surface area (Å²) in [7, 11) is 0. The van der Waals surface area contributed by atoms with E-state index < -0.39 is 0 Å². The van der Waals surface area contributed by atoms with Crippen LogP contribution in [0.15, 0.2) is 83.8 Å². The summed E-state index contributed by atoms with van der Waals surface area (Å²) in [5.41, 5.74) is 6.24. The van der Waals surface area contributed by atoms with Crippen LogP contribution in [-0.2, 0) is 10.5 Å². The second-order valence-electron chi connectivity index (χ2n) is 10.1. The molecular weight excluding hydrogens is 474 g/mol. The molecule has 5 rings (SSSR count). The van der Waals surface area contributed by atoms with Gasteiger partial charge >= 0.3 is 0 Å². The number of thioether (sulfide) groups is 1. The van der Waals surface area contributed by atoms with Crippen molar-refractivity contribution < 1.29 is 4.79 Å². The van der Waals surface area contributed by atoms with E-state index in [2.05, 4.69) is 107 Å². The molecule has 0 aliphatic carbocycles. The summed E-state index contributed by atoms with van der Waals surface area (Å²) in [5, 5.41) is 3.39. The third-order valence-corrected chi connectivity index (χ3v) is 8.49. The summed E-state index contributed by atoms with van der Waals surface area (Å²) in [5.74, 6) is 1.08. The van der Waals surface area contributed by atoms with Crippen LogP contribution in [0.3, 0.4) is 0 Å². The number of amides is 1. The van der Waals surface area contributed by atoms with Crippen LogP contribution >= 0.6 is 11.8 Å². The third-order valence-electron chi connectivity index (χ3n) is 7.35. The molecule has 2 aliphatic rings. The van der Waals surface area contributed by atoms with Gasteiger partial charge in [-0.25, -0.2) is 0 Å². The van der Waals surface area contributed by atoms with Crippen molar-refractivity contribution in [3.63, 3.8) is 0 Å². The average molecular weight is 512 g/mol. The molecule has 0 saturated carbocycles. The number of hydrogen-bond acceptors (Lipinski definition) is 4. The van der Waals surface area contributed by atoms with E-state index in [1.165, 1.54) is 32.7 Å². The van der Waals surface area contributed by atoms with Crippen LogP contribution < -0.4 is 5.32 Å². The molecule has 3 aromatic rings. The van der Waals surface area contributed by atoms with Crippen LogP contribution in [0, 0.1) is 6.92 Å². The van der Waals surface area contributed by atoms with E-state index in [1.807, 2.05) is 11.8 Å². The molecule has 1 atom stereocenters. The number of carbonyl (C=O) groups is 1. The first-order valence-corrected chi connectivity index (χ1v) is 14.4. The molecular formula is C32H37N3OS. The molecule has 1 amide bonds. The second kappa shape index (κ2) is 12.6.